The zero-order valence-electron chi connectivity index (χ0n) is 18.7. The van der Waals surface area contributed by atoms with Crippen molar-refractivity contribution in [1.29, 1.82) is 0 Å². The van der Waals surface area contributed by atoms with Crippen LogP contribution < -0.4 is 20.1 Å². The van der Waals surface area contributed by atoms with Gasteiger partial charge in [-0.15, -0.1) is 0 Å². The van der Waals surface area contributed by atoms with Crippen molar-refractivity contribution in [3.8, 4) is 11.5 Å². The van der Waals surface area contributed by atoms with E-state index in [0.717, 1.165) is 28.1 Å². The number of hydrogen-bond acceptors (Lipinski definition) is 4. The van der Waals surface area contributed by atoms with Crippen LogP contribution in [-0.2, 0) is 22.6 Å². The number of benzene rings is 3. The first kappa shape index (κ1) is 22.4. The van der Waals surface area contributed by atoms with Gasteiger partial charge in [-0.25, -0.2) is 0 Å². The maximum atomic E-state index is 12.5. The fraction of sp³-hybridized carbons (Fsp3) is 0.259. The van der Waals surface area contributed by atoms with Gasteiger partial charge in [-0.1, -0.05) is 36.4 Å². The number of ether oxygens (including phenoxy) is 2. The Balaban J connectivity index is 1.25. The summed E-state index contributed by atoms with van der Waals surface area (Å²) in [6.45, 7) is 2.86. The molecular formula is C27H28N2O4. The largest absolute Gasteiger partial charge is 0.494 e. The van der Waals surface area contributed by atoms with Crippen molar-refractivity contribution in [2.45, 2.75) is 39.2 Å². The molecule has 0 atom stereocenters. The Bertz CT molecular complexity index is 1130. The second-order valence-corrected chi connectivity index (χ2v) is 8.14. The van der Waals surface area contributed by atoms with Crippen LogP contribution in [0.25, 0.3) is 0 Å². The molecule has 0 unspecified atom stereocenters. The smallest absolute Gasteiger partial charge is 0.224 e. The summed E-state index contributed by atoms with van der Waals surface area (Å²) in [7, 11) is 0. The number of anilines is 2. The minimum Gasteiger partial charge on any atom is -0.494 e. The number of carbonyl (C=O) groups is 2. The summed E-state index contributed by atoms with van der Waals surface area (Å²) in [4.78, 5) is 24.0. The lowest BCUT2D eigenvalue weighted by atomic mass is 10.0. The van der Waals surface area contributed by atoms with E-state index in [1.165, 1.54) is 0 Å². The second kappa shape index (κ2) is 10.7. The van der Waals surface area contributed by atoms with Crippen LogP contribution in [0.2, 0.25) is 0 Å². The Morgan fingerprint density at radius 2 is 1.85 bits per heavy atom. The van der Waals surface area contributed by atoms with Crippen LogP contribution in [0.5, 0.6) is 11.5 Å². The number of hydrogen-bond donors (Lipinski definition) is 2. The first-order valence-electron chi connectivity index (χ1n) is 11.2. The van der Waals surface area contributed by atoms with Gasteiger partial charge in [0.05, 0.1) is 12.3 Å². The van der Waals surface area contributed by atoms with Crippen LogP contribution in [0.15, 0.2) is 66.7 Å². The summed E-state index contributed by atoms with van der Waals surface area (Å²) < 4.78 is 11.8. The van der Waals surface area contributed by atoms with Gasteiger partial charge in [0.25, 0.3) is 0 Å². The van der Waals surface area contributed by atoms with E-state index < -0.39 is 0 Å². The van der Waals surface area contributed by atoms with Gasteiger partial charge in [0.15, 0.2) is 0 Å². The molecule has 0 fully saturated rings. The fourth-order valence-electron chi connectivity index (χ4n) is 3.67. The predicted molar refractivity (Wildman–Crippen MR) is 129 cm³/mol. The first-order valence-corrected chi connectivity index (χ1v) is 11.2. The Labute approximate surface area is 193 Å². The molecule has 6 heteroatoms. The highest BCUT2D eigenvalue weighted by Gasteiger charge is 2.15. The summed E-state index contributed by atoms with van der Waals surface area (Å²) in [5.74, 6) is 1.37. The third-order valence-corrected chi connectivity index (χ3v) is 5.44. The molecule has 1 heterocycles. The standard InChI is InChI=1S/C27H28N2O4/c1-19-9-12-24(25(16-19)33-18-20-6-3-2-4-7-20)29-26(30)8-5-15-32-22-11-13-23-21(17-22)10-14-27(31)28-23/h2-4,6-7,9,11-13,16-17H,5,8,10,14-15,18H2,1H3,(H,28,31)(H,29,30). The molecule has 4 rings (SSSR count). The van der Waals surface area contributed by atoms with Crippen LogP contribution in [0.4, 0.5) is 11.4 Å². The minimum absolute atomic E-state index is 0.0457. The molecule has 0 radical (unpaired) electrons. The monoisotopic (exact) mass is 444 g/mol. The van der Waals surface area contributed by atoms with Crippen molar-refractivity contribution < 1.29 is 19.1 Å². The van der Waals surface area contributed by atoms with Crippen LogP contribution in [0.3, 0.4) is 0 Å². The molecule has 0 aliphatic carbocycles. The van der Waals surface area contributed by atoms with E-state index in [4.69, 9.17) is 9.47 Å². The fourth-order valence-corrected chi connectivity index (χ4v) is 3.67. The lowest BCUT2D eigenvalue weighted by molar-refractivity contribution is -0.117. The van der Waals surface area contributed by atoms with Crippen molar-refractivity contribution in [2.75, 3.05) is 17.2 Å². The minimum atomic E-state index is -0.0832. The van der Waals surface area contributed by atoms with E-state index in [1.54, 1.807) is 0 Å². The van der Waals surface area contributed by atoms with Crippen molar-refractivity contribution in [3.05, 3.63) is 83.4 Å². The molecule has 3 aromatic rings. The van der Waals surface area contributed by atoms with Gasteiger partial charge in [0, 0.05) is 18.5 Å². The highest BCUT2D eigenvalue weighted by atomic mass is 16.5. The molecule has 0 spiro atoms. The predicted octanol–water partition coefficient (Wildman–Crippen LogP) is 5.26. The molecule has 1 aliphatic heterocycles. The summed E-state index contributed by atoms with van der Waals surface area (Å²) in [6, 6.07) is 21.3. The summed E-state index contributed by atoms with van der Waals surface area (Å²) in [5, 5.41) is 5.82. The molecule has 3 aromatic carbocycles. The lowest BCUT2D eigenvalue weighted by Gasteiger charge is -2.17. The van der Waals surface area contributed by atoms with E-state index in [2.05, 4.69) is 10.6 Å². The molecular weight excluding hydrogens is 416 g/mol. The number of carbonyl (C=O) groups excluding carboxylic acids is 2. The molecule has 2 amide bonds. The van der Waals surface area contributed by atoms with Gasteiger partial charge in [0.1, 0.15) is 18.1 Å². The van der Waals surface area contributed by atoms with E-state index >= 15 is 0 Å². The normalized spacial score (nSPS) is 12.5. The van der Waals surface area contributed by atoms with Gasteiger partial charge in [-0.05, 0) is 66.8 Å². The van der Waals surface area contributed by atoms with E-state index in [-0.39, 0.29) is 11.8 Å². The second-order valence-electron chi connectivity index (χ2n) is 8.14. The molecule has 1 aliphatic rings. The first-order chi connectivity index (χ1) is 16.1. The third kappa shape index (κ3) is 6.35. The number of rotatable bonds is 9. The number of aryl methyl sites for hydroxylation is 2. The van der Waals surface area contributed by atoms with E-state index in [9.17, 15) is 9.59 Å². The van der Waals surface area contributed by atoms with Crippen molar-refractivity contribution >= 4 is 23.2 Å². The third-order valence-electron chi connectivity index (χ3n) is 5.44. The average molecular weight is 445 g/mol. The molecule has 0 aromatic heterocycles. The maximum absolute atomic E-state index is 12.5. The van der Waals surface area contributed by atoms with Gasteiger partial charge in [-0.2, -0.15) is 0 Å². The summed E-state index contributed by atoms with van der Waals surface area (Å²) >= 11 is 0. The lowest BCUT2D eigenvalue weighted by Crippen LogP contribution is -2.18. The molecule has 2 N–H and O–H groups in total. The highest BCUT2D eigenvalue weighted by molar-refractivity contribution is 5.94. The topological polar surface area (TPSA) is 76.7 Å². The molecule has 0 saturated heterocycles. The van der Waals surface area contributed by atoms with E-state index in [0.29, 0.717) is 50.3 Å². The molecule has 6 nitrogen and oxygen atoms in total. The van der Waals surface area contributed by atoms with Crippen molar-refractivity contribution in [3.63, 3.8) is 0 Å². The zero-order chi connectivity index (χ0) is 23.0. The van der Waals surface area contributed by atoms with Gasteiger partial charge >= 0.3 is 0 Å². The van der Waals surface area contributed by atoms with Crippen molar-refractivity contribution in [1.82, 2.24) is 0 Å². The van der Waals surface area contributed by atoms with Crippen LogP contribution >= 0.6 is 0 Å². The molecule has 0 bridgehead atoms. The summed E-state index contributed by atoms with van der Waals surface area (Å²) in [5.41, 5.74) is 4.72. The Hall–Kier alpha value is -3.80. The number of nitrogens with one attached hydrogen (secondary N) is 2. The van der Waals surface area contributed by atoms with E-state index in [1.807, 2.05) is 73.7 Å². The van der Waals surface area contributed by atoms with Crippen LogP contribution in [-0.4, -0.2) is 18.4 Å². The molecule has 0 saturated carbocycles. The highest BCUT2D eigenvalue weighted by Crippen LogP contribution is 2.28. The van der Waals surface area contributed by atoms with Gasteiger partial charge in [-0.3, -0.25) is 9.59 Å². The van der Waals surface area contributed by atoms with Crippen molar-refractivity contribution in [2.24, 2.45) is 0 Å². The average Bonchev–Trinajstić information content (AvgIpc) is 2.82. The number of fused-ring (bicyclic) bond motifs is 1. The molecule has 170 valence electrons. The Kier molecular flexibility index (Phi) is 7.25. The quantitative estimate of drug-likeness (QED) is 0.442. The van der Waals surface area contributed by atoms with Crippen LogP contribution in [0.1, 0.15) is 36.0 Å². The summed E-state index contributed by atoms with van der Waals surface area (Å²) in [6.07, 6.45) is 2.14. The SMILES string of the molecule is Cc1ccc(NC(=O)CCCOc2ccc3c(c2)CCC(=O)N3)c(OCc2ccccc2)c1. The van der Waals surface area contributed by atoms with Gasteiger partial charge in [0.2, 0.25) is 11.8 Å². The zero-order valence-corrected chi connectivity index (χ0v) is 18.7. The Morgan fingerprint density at radius 1 is 1.00 bits per heavy atom. The Morgan fingerprint density at radius 3 is 2.70 bits per heavy atom. The van der Waals surface area contributed by atoms with Gasteiger partial charge < -0.3 is 20.1 Å². The van der Waals surface area contributed by atoms with Crippen LogP contribution in [0, 0.1) is 6.92 Å². The maximum Gasteiger partial charge on any atom is 0.224 e. The number of amides is 2. The molecule has 33 heavy (non-hydrogen) atoms.